The third kappa shape index (κ3) is 3.08. The molecule has 0 saturated carbocycles. The molecule has 0 radical (unpaired) electrons. The Kier molecular flexibility index (Phi) is 4.47. The maximum absolute atomic E-state index is 12.5. The molecule has 0 atom stereocenters. The number of hydrogen-bond acceptors (Lipinski definition) is 2. The lowest BCUT2D eigenvalue weighted by atomic mass is 10.0. The van der Waals surface area contributed by atoms with Crippen molar-refractivity contribution in [2.45, 2.75) is 26.3 Å². The minimum atomic E-state index is -0.110. The summed E-state index contributed by atoms with van der Waals surface area (Å²) in [6.45, 7) is 4.36. The van der Waals surface area contributed by atoms with Crippen LogP contribution in [0.4, 0.5) is 5.69 Å². The van der Waals surface area contributed by atoms with E-state index in [-0.39, 0.29) is 12.5 Å². The zero-order valence-corrected chi connectivity index (χ0v) is 13.8. The number of fused-ring (bicyclic) bond motifs is 1. The van der Waals surface area contributed by atoms with Gasteiger partial charge < -0.3 is 9.88 Å². The molecule has 1 amide bonds. The monoisotopic (exact) mass is 320 g/mol. The number of anilines is 1. The van der Waals surface area contributed by atoms with Crippen LogP contribution in [0.5, 0.6) is 0 Å². The molecule has 0 aliphatic carbocycles. The number of para-hydroxylation sites is 2. The molecule has 4 heteroatoms. The van der Waals surface area contributed by atoms with Gasteiger partial charge in [-0.05, 0) is 23.6 Å². The van der Waals surface area contributed by atoms with Crippen molar-refractivity contribution in [3.05, 3.63) is 65.9 Å². The van der Waals surface area contributed by atoms with E-state index in [1.54, 1.807) is 6.20 Å². The number of aromatic nitrogens is 1. The first kappa shape index (κ1) is 16.0. The van der Waals surface area contributed by atoms with Crippen molar-refractivity contribution in [1.29, 1.82) is 0 Å². The molecule has 0 saturated heterocycles. The average molecular weight is 320 g/mol. The third-order valence-electron chi connectivity index (χ3n) is 4.12. The van der Waals surface area contributed by atoms with E-state index >= 15 is 0 Å². The van der Waals surface area contributed by atoms with Crippen molar-refractivity contribution < 1.29 is 9.59 Å². The van der Waals surface area contributed by atoms with Crippen LogP contribution >= 0.6 is 0 Å². The normalized spacial score (nSPS) is 11.0. The molecular weight excluding hydrogens is 300 g/mol. The van der Waals surface area contributed by atoms with Gasteiger partial charge in [0.1, 0.15) is 6.54 Å². The van der Waals surface area contributed by atoms with Crippen molar-refractivity contribution in [3.8, 4) is 0 Å². The summed E-state index contributed by atoms with van der Waals surface area (Å²) in [7, 11) is 0. The smallest absolute Gasteiger partial charge is 0.244 e. The molecule has 4 nitrogen and oxygen atoms in total. The topological polar surface area (TPSA) is 51.1 Å². The Morgan fingerprint density at radius 1 is 1.12 bits per heavy atom. The van der Waals surface area contributed by atoms with Crippen molar-refractivity contribution in [3.63, 3.8) is 0 Å². The molecule has 3 aromatic rings. The van der Waals surface area contributed by atoms with E-state index in [4.69, 9.17) is 0 Å². The van der Waals surface area contributed by atoms with Crippen LogP contribution in [0.1, 0.15) is 35.7 Å². The van der Waals surface area contributed by atoms with Gasteiger partial charge >= 0.3 is 0 Å². The van der Waals surface area contributed by atoms with E-state index in [1.165, 1.54) is 0 Å². The number of carbonyl (C=O) groups is 2. The number of rotatable bonds is 5. The Labute approximate surface area is 141 Å². The van der Waals surface area contributed by atoms with Crippen molar-refractivity contribution in [1.82, 2.24) is 4.57 Å². The molecule has 1 heterocycles. The highest BCUT2D eigenvalue weighted by atomic mass is 16.2. The Balaban J connectivity index is 1.85. The van der Waals surface area contributed by atoms with Gasteiger partial charge in [0.25, 0.3) is 0 Å². The van der Waals surface area contributed by atoms with Crippen LogP contribution in [-0.2, 0) is 11.3 Å². The fraction of sp³-hybridized carbons (Fsp3) is 0.200. The molecule has 3 rings (SSSR count). The van der Waals surface area contributed by atoms with Gasteiger partial charge in [0.05, 0.1) is 0 Å². The molecule has 122 valence electrons. The predicted octanol–water partition coefficient (Wildman–Crippen LogP) is 4.22. The number of amides is 1. The van der Waals surface area contributed by atoms with Crippen LogP contribution in [0.3, 0.4) is 0 Å². The van der Waals surface area contributed by atoms with Gasteiger partial charge in [-0.1, -0.05) is 50.2 Å². The minimum Gasteiger partial charge on any atom is -0.337 e. The van der Waals surface area contributed by atoms with Gasteiger partial charge in [0.15, 0.2) is 6.29 Å². The van der Waals surface area contributed by atoms with Gasteiger partial charge in [0, 0.05) is 28.4 Å². The molecule has 0 fully saturated rings. The fourth-order valence-corrected chi connectivity index (χ4v) is 2.96. The Hall–Kier alpha value is -2.88. The van der Waals surface area contributed by atoms with E-state index in [0.717, 1.165) is 28.4 Å². The third-order valence-corrected chi connectivity index (χ3v) is 4.12. The van der Waals surface area contributed by atoms with Crippen molar-refractivity contribution in [2.24, 2.45) is 0 Å². The Morgan fingerprint density at radius 2 is 1.83 bits per heavy atom. The van der Waals surface area contributed by atoms with Crippen LogP contribution < -0.4 is 5.32 Å². The quantitative estimate of drug-likeness (QED) is 0.716. The zero-order valence-electron chi connectivity index (χ0n) is 13.8. The molecular formula is C20H20N2O2. The number of carbonyl (C=O) groups excluding carboxylic acids is 2. The number of nitrogens with one attached hydrogen (secondary N) is 1. The van der Waals surface area contributed by atoms with E-state index in [0.29, 0.717) is 11.5 Å². The second-order valence-electron chi connectivity index (χ2n) is 6.14. The van der Waals surface area contributed by atoms with Crippen LogP contribution in [-0.4, -0.2) is 16.8 Å². The molecule has 0 aliphatic heterocycles. The van der Waals surface area contributed by atoms with Gasteiger partial charge in [-0.2, -0.15) is 0 Å². The standard InChI is InChI=1S/C20H20N2O2/c1-14(2)16-7-3-5-9-18(16)21-20(24)12-22-11-15(13-23)17-8-4-6-10-19(17)22/h3-11,13-14H,12H2,1-2H3,(H,21,24). The first-order chi connectivity index (χ1) is 11.6. The lowest BCUT2D eigenvalue weighted by molar-refractivity contribution is -0.116. The van der Waals surface area contributed by atoms with E-state index < -0.39 is 0 Å². The fourth-order valence-electron chi connectivity index (χ4n) is 2.96. The molecule has 0 bridgehead atoms. The van der Waals surface area contributed by atoms with E-state index in [9.17, 15) is 9.59 Å². The number of aldehydes is 1. The summed E-state index contributed by atoms with van der Waals surface area (Å²) in [6.07, 6.45) is 2.55. The molecule has 0 unspecified atom stereocenters. The van der Waals surface area contributed by atoms with Gasteiger partial charge in [0.2, 0.25) is 5.91 Å². The summed E-state index contributed by atoms with van der Waals surface area (Å²) in [6, 6.07) is 15.4. The van der Waals surface area contributed by atoms with Gasteiger partial charge in [-0.3, -0.25) is 9.59 Å². The summed E-state index contributed by atoms with van der Waals surface area (Å²) < 4.78 is 1.81. The molecule has 1 aromatic heterocycles. The minimum absolute atomic E-state index is 0.110. The predicted molar refractivity (Wildman–Crippen MR) is 96.5 cm³/mol. The molecule has 24 heavy (non-hydrogen) atoms. The first-order valence-electron chi connectivity index (χ1n) is 8.02. The second-order valence-corrected chi connectivity index (χ2v) is 6.14. The zero-order chi connectivity index (χ0) is 17.1. The van der Waals surface area contributed by atoms with Gasteiger partial charge in [-0.15, -0.1) is 0 Å². The molecule has 2 aromatic carbocycles. The van der Waals surface area contributed by atoms with Crippen molar-refractivity contribution >= 4 is 28.8 Å². The highest BCUT2D eigenvalue weighted by Gasteiger charge is 2.12. The largest absolute Gasteiger partial charge is 0.337 e. The Morgan fingerprint density at radius 3 is 2.58 bits per heavy atom. The molecule has 0 spiro atoms. The maximum Gasteiger partial charge on any atom is 0.244 e. The first-order valence-corrected chi connectivity index (χ1v) is 8.02. The van der Waals surface area contributed by atoms with Gasteiger partial charge in [-0.25, -0.2) is 0 Å². The molecule has 1 N–H and O–H groups in total. The summed E-state index contributed by atoms with van der Waals surface area (Å²) in [4.78, 5) is 23.7. The SMILES string of the molecule is CC(C)c1ccccc1NC(=O)Cn1cc(C=O)c2ccccc21. The van der Waals surface area contributed by atoms with Crippen molar-refractivity contribution in [2.75, 3.05) is 5.32 Å². The number of benzene rings is 2. The summed E-state index contributed by atoms with van der Waals surface area (Å²) >= 11 is 0. The highest BCUT2D eigenvalue weighted by Crippen LogP contribution is 2.24. The Bertz CT molecular complexity index is 894. The van der Waals surface area contributed by atoms with Crippen LogP contribution in [0, 0.1) is 0 Å². The summed E-state index contributed by atoms with van der Waals surface area (Å²) in [5, 5.41) is 3.85. The number of hydrogen-bond donors (Lipinski definition) is 1. The lowest BCUT2D eigenvalue weighted by Crippen LogP contribution is -2.19. The summed E-state index contributed by atoms with van der Waals surface area (Å²) in [5.74, 6) is 0.219. The average Bonchev–Trinajstić information content (AvgIpc) is 2.93. The highest BCUT2D eigenvalue weighted by molar-refractivity contribution is 5.99. The van der Waals surface area contributed by atoms with E-state index in [1.807, 2.05) is 53.1 Å². The lowest BCUT2D eigenvalue weighted by Gasteiger charge is -2.14. The van der Waals surface area contributed by atoms with Crippen LogP contribution in [0.25, 0.3) is 10.9 Å². The second kappa shape index (κ2) is 6.71. The maximum atomic E-state index is 12.5. The molecule has 0 aliphatic rings. The van der Waals surface area contributed by atoms with Crippen LogP contribution in [0.2, 0.25) is 0 Å². The van der Waals surface area contributed by atoms with Crippen LogP contribution in [0.15, 0.2) is 54.7 Å². The summed E-state index contributed by atoms with van der Waals surface area (Å²) in [5.41, 5.74) is 3.43. The number of nitrogens with zero attached hydrogens (tertiary/aromatic N) is 1. The van der Waals surface area contributed by atoms with E-state index in [2.05, 4.69) is 19.2 Å².